The van der Waals surface area contributed by atoms with Gasteiger partial charge in [0.2, 0.25) is 0 Å². The summed E-state index contributed by atoms with van der Waals surface area (Å²) >= 11 is 3.94. The highest BCUT2D eigenvalue weighted by Gasteiger charge is 2.24. The van der Waals surface area contributed by atoms with Gasteiger partial charge in [-0.3, -0.25) is 4.99 Å². The number of nitrogens with one attached hydrogen (secondary N) is 1. The smallest absolute Gasteiger partial charge is 0.157 e. The average Bonchev–Trinajstić information content (AvgIpc) is 2.35. The second kappa shape index (κ2) is 6.37. The summed E-state index contributed by atoms with van der Waals surface area (Å²) in [4.78, 5) is 4.76. The molecule has 98 valence electrons. The molecular formula is C13H24N2S2. The summed E-state index contributed by atoms with van der Waals surface area (Å²) in [6.45, 7) is 4.53. The van der Waals surface area contributed by atoms with Crippen molar-refractivity contribution >= 4 is 28.7 Å². The van der Waals surface area contributed by atoms with E-state index in [9.17, 15) is 0 Å². The molecule has 2 aliphatic rings. The Kier molecular flexibility index (Phi) is 5.10. The number of amidine groups is 1. The van der Waals surface area contributed by atoms with Crippen molar-refractivity contribution < 1.29 is 0 Å². The van der Waals surface area contributed by atoms with Crippen LogP contribution in [0.3, 0.4) is 0 Å². The second-order valence-electron chi connectivity index (χ2n) is 5.32. The van der Waals surface area contributed by atoms with Crippen molar-refractivity contribution in [3.8, 4) is 0 Å². The molecular weight excluding hydrogens is 248 g/mol. The molecule has 0 spiro atoms. The molecule has 0 saturated heterocycles. The molecule has 0 bridgehead atoms. The fourth-order valence-corrected chi connectivity index (χ4v) is 4.33. The van der Waals surface area contributed by atoms with Crippen molar-refractivity contribution in [1.82, 2.24) is 5.32 Å². The first-order valence-electron chi connectivity index (χ1n) is 6.69. The lowest BCUT2D eigenvalue weighted by atomic mass is 9.95. The Morgan fingerprint density at radius 1 is 1.24 bits per heavy atom. The van der Waals surface area contributed by atoms with Crippen LogP contribution in [-0.4, -0.2) is 34.5 Å². The normalized spacial score (nSPS) is 38.6. The molecule has 0 aromatic heterocycles. The lowest BCUT2D eigenvalue weighted by Gasteiger charge is -2.31. The van der Waals surface area contributed by atoms with E-state index in [-0.39, 0.29) is 0 Å². The largest absolute Gasteiger partial charge is 0.362 e. The second-order valence-corrected chi connectivity index (χ2v) is 7.46. The van der Waals surface area contributed by atoms with Crippen LogP contribution >= 0.6 is 23.5 Å². The average molecular weight is 272 g/mol. The van der Waals surface area contributed by atoms with Gasteiger partial charge in [-0.25, -0.2) is 0 Å². The van der Waals surface area contributed by atoms with E-state index in [1.807, 2.05) is 23.5 Å². The van der Waals surface area contributed by atoms with E-state index >= 15 is 0 Å². The van der Waals surface area contributed by atoms with Gasteiger partial charge in [-0.2, -0.15) is 11.8 Å². The maximum Gasteiger partial charge on any atom is 0.157 e. The number of hydrogen-bond acceptors (Lipinski definition) is 4. The summed E-state index contributed by atoms with van der Waals surface area (Å²) in [6.07, 6.45) is 7.60. The lowest BCUT2D eigenvalue weighted by molar-refractivity contribution is 0.421. The fraction of sp³-hybridized carbons (Fsp3) is 0.923. The summed E-state index contributed by atoms with van der Waals surface area (Å²) in [6, 6.07) is 1.16. The van der Waals surface area contributed by atoms with Crippen LogP contribution in [0.1, 0.15) is 39.5 Å². The van der Waals surface area contributed by atoms with Gasteiger partial charge >= 0.3 is 0 Å². The van der Waals surface area contributed by atoms with Gasteiger partial charge in [0, 0.05) is 17.0 Å². The van der Waals surface area contributed by atoms with Gasteiger partial charge in [0.1, 0.15) is 0 Å². The quantitative estimate of drug-likeness (QED) is 0.834. The van der Waals surface area contributed by atoms with Gasteiger partial charge in [-0.1, -0.05) is 18.7 Å². The zero-order chi connectivity index (χ0) is 12.3. The Morgan fingerprint density at radius 2 is 1.94 bits per heavy atom. The predicted octanol–water partition coefficient (Wildman–Crippen LogP) is 3.38. The molecule has 4 heteroatoms. The molecule has 1 saturated carbocycles. The number of aliphatic imine (C=N–C) groups is 1. The highest BCUT2D eigenvalue weighted by atomic mass is 32.2. The molecule has 1 aliphatic heterocycles. The Labute approximate surface area is 114 Å². The van der Waals surface area contributed by atoms with Gasteiger partial charge in [0.15, 0.2) is 5.17 Å². The molecule has 0 radical (unpaired) electrons. The number of rotatable bonds is 2. The minimum absolute atomic E-state index is 0.487. The summed E-state index contributed by atoms with van der Waals surface area (Å²) in [5.41, 5.74) is 0. The SMILES string of the molecule is CSC1CCC(NC2=NC(C)C(C)CS2)CC1. The summed E-state index contributed by atoms with van der Waals surface area (Å²) in [5, 5.41) is 5.75. The summed E-state index contributed by atoms with van der Waals surface area (Å²) < 4.78 is 0. The highest BCUT2D eigenvalue weighted by molar-refractivity contribution is 8.13. The van der Waals surface area contributed by atoms with Gasteiger partial charge in [0.05, 0.1) is 6.04 Å². The van der Waals surface area contributed by atoms with E-state index in [0.717, 1.165) is 11.2 Å². The predicted molar refractivity (Wildman–Crippen MR) is 81.2 cm³/mol. The third-order valence-corrected chi connectivity index (χ3v) is 6.29. The van der Waals surface area contributed by atoms with Gasteiger partial charge < -0.3 is 5.32 Å². The van der Waals surface area contributed by atoms with Crippen LogP contribution in [0.4, 0.5) is 0 Å². The molecule has 2 atom stereocenters. The van der Waals surface area contributed by atoms with E-state index in [2.05, 4.69) is 25.4 Å². The number of thioether (sulfide) groups is 2. The van der Waals surface area contributed by atoms with Gasteiger partial charge in [-0.15, -0.1) is 0 Å². The Balaban J connectivity index is 1.80. The van der Waals surface area contributed by atoms with Crippen LogP contribution in [0, 0.1) is 5.92 Å². The van der Waals surface area contributed by atoms with Crippen LogP contribution in [0.25, 0.3) is 0 Å². The third-order valence-electron chi connectivity index (χ3n) is 3.96. The standard InChI is InChI=1S/C13H24N2S2/c1-9-8-17-13(14-10(9)2)15-11-4-6-12(16-3)7-5-11/h9-12H,4-8H2,1-3H3,(H,14,15). The van der Waals surface area contributed by atoms with Crippen molar-refractivity contribution in [3.63, 3.8) is 0 Å². The van der Waals surface area contributed by atoms with Crippen LogP contribution in [-0.2, 0) is 0 Å². The van der Waals surface area contributed by atoms with Gasteiger partial charge in [0.25, 0.3) is 0 Å². The molecule has 17 heavy (non-hydrogen) atoms. The number of hydrogen-bond donors (Lipinski definition) is 1. The molecule has 1 N–H and O–H groups in total. The zero-order valence-corrected chi connectivity index (χ0v) is 12.7. The number of nitrogens with zero attached hydrogens (tertiary/aromatic N) is 1. The lowest BCUT2D eigenvalue weighted by Crippen LogP contribution is -2.39. The molecule has 1 aliphatic carbocycles. The first-order chi connectivity index (χ1) is 8.19. The Morgan fingerprint density at radius 3 is 2.53 bits per heavy atom. The van der Waals surface area contributed by atoms with E-state index in [4.69, 9.17) is 4.99 Å². The molecule has 2 nitrogen and oxygen atoms in total. The summed E-state index contributed by atoms with van der Waals surface area (Å²) in [7, 11) is 0. The van der Waals surface area contributed by atoms with Crippen molar-refractivity contribution in [1.29, 1.82) is 0 Å². The zero-order valence-electron chi connectivity index (χ0n) is 11.1. The van der Waals surface area contributed by atoms with Crippen molar-refractivity contribution in [2.24, 2.45) is 10.9 Å². The van der Waals surface area contributed by atoms with Crippen LogP contribution < -0.4 is 5.32 Å². The van der Waals surface area contributed by atoms with Crippen molar-refractivity contribution in [2.75, 3.05) is 12.0 Å². The maximum absolute atomic E-state index is 4.76. The van der Waals surface area contributed by atoms with Crippen LogP contribution in [0.15, 0.2) is 4.99 Å². The molecule has 2 unspecified atom stereocenters. The molecule has 0 aromatic rings. The third kappa shape index (κ3) is 3.82. The molecule has 1 fully saturated rings. The summed E-state index contributed by atoms with van der Waals surface area (Å²) in [5.74, 6) is 1.94. The van der Waals surface area contributed by atoms with Crippen LogP contribution in [0.5, 0.6) is 0 Å². The maximum atomic E-state index is 4.76. The monoisotopic (exact) mass is 272 g/mol. The highest BCUT2D eigenvalue weighted by Crippen LogP contribution is 2.28. The van der Waals surface area contributed by atoms with E-state index in [0.29, 0.717) is 12.1 Å². The Hall–Kier alpha value is 0.170. The first-order valence-corrected chi connectivity index (χ1v) is 8.96. The van der Waals surface area contributed by atoms with Crippen LogP contribution in [0.2, 0.25) is 0 Å². The van der Waals surface area contributed by atoms with E-state index in [1.165, 1.54) is 36.6 Å². The fourth-order valence-electron chi connectivity index (χ4n) is 2.40. The van der Waals surface area contributed by atoms with Crippen molar-refractivity contribution in [3.05, 3.63) is 0 Å². The minimum atomic E-state index is 0.487. The molecule has 0 amide bonds. The Bertz CT molecular complexity index is 273. The topological polar surface area (TPSA) is 24.4 Å². The van der Waals surface area contributed by atoms with E-state index < -0.39 is 0 Å². The molecule has 2 rings (SSSR count). The first kappa shape index (κ1) is 13.6. The minimum Gasteiger partial charge on any atom is -0.362 e. The van der Waals surface area contributed by atoms with Gasteiger partial charge in [-0.05, 0) is 44.8 Å². The molecule has 0 aromatic carbocycles. The van der Waals surface area contributed by atoms with E-state index in [1.54, 1.807) is 0 Å². The van der Waals surface area contributed by atoms with Crippen molar-refractivity contribution in [2.45, 2.75) is 56.9 Å². The molecule has 1 heterocycles.